The zero-order chi connectivity index (χ0) is 17.3. The number of nitrogens with zero attached hydrogens (tertiary/aromatic N) is 2. The molecule has 0 atom stereocenters. The molecule has 0 bridgehead atoms. The molecule has 4 nitrogen and oxygen atoms in total. The van der Waals surface area contributed by atoms with Gasteiger partial charge in [-0.25, -0.2) is 4.68 Å². The second-order valence-corrected chi connectivity index (χ2v) is 6.56. The van der Waals surface area contributed by atoms with Gasteiger partial charge in [-0.15, -0.1) is 0 Å². The highest BCUT2D eigenvalue weighted by Crippen LogP contribution is 2.23. The van der Waals surface area contributed by atoms with Gasteiger partial charge in [0.05, 0.1) is 21.5 Å². The third kappa shape index (κ3) is 3.26. The highest BCUT2D eigenvalue weighted by Gasteiger charge is 2.11. The van der Waals surface area contributed by atoms with E-state index in [1.165, 1.54) is 0 Å². The van der Waals surface area contributed by atoms with Crippen LogP contribution in [0.15, 0.2) is 53.0 Å². The molecule has 5 heteroatoms. The molecule has 0 spiro atoms. The number of nitrogens with one attached hydrogen (secondary N) is 1. The van der Waals surface area contributed by atoms with Crippen molar-refractivity contribution in [1.82, 2.24) is 9.78 Å². The molecule has 122 valence electrons. The Bertz CT molecular complexity index is 897. The Morgan fingerprint density at radius 2 is 1.79 bits per heavy atom. The maximum absolute atomic E-state index is 12.3. The van der Waals surface area contributed by atoms with Crippen molar-refractivity contribution in [3.05, 3.63) is 75.5 Å². The molecule has 24 heavy (non-hydrogen) atoms. The van der Waals surface area contributed by atoms with E-state index in [1.807, 2.05) is 74.0 Å². The number of aryl methyl sites for hydroxylation is 2. The molecule has 0 aliphatic heterocycles. The smallest absolute Gasteiger partial charge is 0.255 e. The molecule has 0 aliphatic carbocycles. The predicted octanol–water partition coefficient (Wildman–Crippen LogP) is 4.81. The van der Waals surface area contributed by atoms with Crippen molar-refractivity contribution in [3.8, 4) is 5.69 Å². The molecular formula is C19H18BrN3O. The summed E-state index contributed by atoms with van der Waals surface area (Å²) in [5, 5.41) is 7.43. The summed E-state index contributed by atoms with van der Waals surface area (Å²) in [6, 6.07) is 15.2. The third-order valence-corrected chi connectivity index (χ3v) is 5.00. The van der Waals surface area contributed by atoms with E-state index in [2.05, 4.69) is 26.3 Å². The number of benzene rings is 2. The Morgan fingerprint density at radius 3 is 2.38 bits per heavy atom. The van der Waals surface area contributed by atoms with Crippen LogP contribution in [0.5, 0.6) is 0 Å². The summed E-state index contributed by atoms with van der Waals surface area (Å²) in [6.45, 7) is 5.94. The molecule has 0 saturated heterocycles. The number of halogens is 1. The van der Waals surface area contributed by atoms with Gasteiger partial charge < -0.3 is 5.32 Å². The fourth-order valence-corrected chi connectivity index (χ4v) is 2.80. The van der Waals surface area contributed by atoms with E-state index in [9.17, 15) is 4.79 Å². The van der Waals surface area contributed by atoms with Crippen molar-refractivity contribution in [2.75, 3.05) is 5.32 Å². The molecule has 1 aromatic heterocycles. The summed E-state index contributed by atoms with van der Waals surface area (Å²) >= 11 is 3.54. The van der Waals surface area contributed by atoms with Gasteiger partial charge in [0.2, 0.25) is 0 Å². The minimum absolute atomic E-state index is 0.111. The zero-order valence-corrected chi connectivity index (χ0v) is 15.4. The largest absolute Gasteiger partial charge is 0.322 e. The molecule has 3 rings (SSSR count). The summed E-state index contributed by atoms with van der Waals surface area (Å²) in [7, 11) is 0. The van der Waals surface area contributed by atoms with E-state index in [0.717, 1.165) is 32.8 Å². The minimum atomic E-state index is -0.111. The van der Waals surface area contributed by atoms with Crippen LogP contribution in [-0.2, 0) is 0 Å². The van der Waals surface area contributed by atoms with Crippen LogP contribution < -0.4 is 5.32 Å². The highest BCUT2D eigenvalue weighted by molar-refractivity contribution is 9.10. The molecule has 0 saturated carbocycles. The number of rotatable bonds is 3. The van der Waals surface area contributed by atoms with Gasteiger partial charge in [0.1, 0.15) is 0 Å². The first-order chi connectivity index (χ1) is 11.5. The zero-order valence-electron chi connectivity index (χ0n) is 13.8. The molecule has 0 unspecified atom stereocenters. The first-order valence-corrected chi connectivity index (χ1v) is 8.45. The summed E-state index contributed by atoms with van der Waals surface area (Å²) in [5.41, 5.74) is 5.42. The van der Waals surface area contributed by atoms with E-state index in [0.29, 0.717) is 5.56 Å². The highest BCUT2D eigenvalue weighted by atomic mass is 79.9. The van der Waals surface area contributed by atoms with Crippen molar-refractivity contribution in [3.63, 3.8) is 0 Å². The molecule has 0 aliphatic rings. The average molecular weight is 384 g/mol. The Morgan fingerprint density at radius 1 is 1.08 bits per heavy atom. The quantitative estimate of drug-likeness (QED) is 0.704. The Kier molecular flexibility index (Phi) is 4.53. The van der Waals surface area contributed by atoms with Crippen molar-refractivity contribution in [2.24, 2.45) is 0 Å². The number of anilines is 1. The number of amides is 1. The number of carbonyl (C=O) groups excluding carboxylic acids is 1. The summed E-state index contributed by atoms with van der Waals surface area (Å²) in [5.74, 6) is -0.111. The second-order valence-electron chi connectivity index (χ2n) is 5.77. The first kappa shape index (κ1) is 16.5. The topological polar surface area (TPSA) is 46.9 Å². The average Bonchev–Trinajstić information content (AvgIpc) is 2.83. The SMILES string of the molecule is Cc1cccc(C(=O)Nc2ccc(-n3nc(C)c(Br)c3C)cc2)c1. The lowest BCUT2D eigenvalue weighted by atomic mass is 10.1. The fourth-order valence-electron chi connectivity index (χ4n) is 2.55. The van der Waals surface area contributed by atoms with E-state index >= 15 is 0 Å². The maximum Gasteiger partial charge on any atom is 0.255 e. The lowest BCUT2D eigenvalue weighted by molar-refractivity contribution is 0.102. The number of hydrogen-bond acceptors (Lipinski definition) is 2. The van der Waals surface area contributed by atoms with Gasteiger partial charge in [-0.2, -0.15) is 5.10 Å². The normalized spacial score (nSPS) is 10.7. The monoisotopic (exact) mass is 383 g/mol. The Balaban J connectivity index is 1.80. The van der Waals surface area contributed by atoms with Crippen molar-refractivity contribution in [2.45, 2.75) is 20.8 Å². The van der Waals surface area contributed by atoms with Gasteiger partial charge in [-0.1, -0.05) is 17.7 Å². The van der Waals surface area contributed by atoms with Gasteiger partial charge in [0.25, 0.3) is 5.91 Å². The molecule has 2 aromatic carbocycles. The molecule has 0 fully saturated rings. The number of carbonyl (C=O) groups is 1. The van der Waals surface area contributed by atoms with Crippen LogP contribution in [0.1, 0.15) is 27.3 Å². The van der Waals surface area contributed by atoms with Gasteiger partial charge >= 0.3 is 0 Å². The van der Waals surface area contributed by atoms with Gasteiger partial charge in [-0.3, -0.25) is 4.79 Å². The van der Waals surface area contributed by atoms with Crippen molar-refractivity contribution >= 4 is 27.5 Å². The number of aromatic nitrogens is 2. The first-order valence-electron chi connectivity index (χ1n) is 7.66. The Labute approximate surface area is 149 Å². The number of hydrogen-bond donors (Lipinski definition) is 1. The minimum Gasteiger partial charge on any atom is -0.322 e. The molecule has 1 heterocycles. The predicted molar refractivity (Wildman–Crippen MR) is 99.9 cm³/mol. The van der Waals surface area contributed by atoms with Gasteiger partial charge in [0, 0.05) is 11.3 Å². The second kappa shape index (κ2) is 6.61. The summed E-state index contributed by atoms with van der Waals surface area (Å²) in [4.78, 5) is 12.3. The van der Waals surface area contributed by atoms with Crippen LogP contribution in [-0.4, -0.2) is 15.7 Å². The van der Waals surface area contributed by atoms with Crippen LogP contribution in [0, 0.1) is 20.8 Å². The molecule has 1 amide bonds. The van der Waals surface area contributed by atoms with Crippen LogP contribution in [0.3, 0.4) is 0 Å². The van der Waals surface area contributed by atoms with Gasteiger partial charge in [-0.05, 0) is 73.1 Å². The molecule has 3 aromatic rings. The van der Waals surface area contributed by atoms with Crippen LogP contribution in [0.2, 0.25) is 0 Å². The van der Waals surface area contributed by atoms with Crippen LogP contribution in [0.4, 0.5) is 5.69 Å². The van der Waals surface area contributed by atoms with E-state index in [4.69, 9.17) is 0 Å². The van der Waals surface area contributed by atoms with E-state index in [1.54, 1.807) is 0 Å². The molecule has 0 radical (unpaired) electrons. The van der Waals surface area contributed by atoms with E-state index < -0.39 is 0 Å². The van der Waals surface area contributed by atoms with Crippen LogP contribution in [0.25, 0.3) is 5.69 Å². The van der Waals surface area contributed by atoms with Crippen molar-refractivity contribution in [1.29, 1.82) is 0 Å². The van der Waals surface area contributed by atoms with Crippen molar-refractivity contribution < 1.29 is 4.79 Å². The Hall–Kier alpha value is -2.40. The molecule has 1 N–H and O–H groups in total. The lowest BCUT2D eigenvalue weighted by Gasteiger charge is -2.08. The standard InChI is InChI=1S/C19H18BrN3O/c1-12-5-4-6-15(11-12)19(24)21-16-7-9-17(10-8-16)23-14(3)18(20)13(2)22-23/h4-11H,1-3H3,(H,21,24). The fraction of sp³-hybridized carbons (Fsp3) is 0.158. The van der Waals surface area contributed by atoms with Gasteiger partial charge in [0.15, 0.2) is 0 Å². The lowest BCUT2D eigenvalue weighted by Crippen LogP contribution is -2.12. The maximum atomic E-state index is 12.3. The molecular weight excluding hydrogens is 366 g/mol. The van der Waals surface area contributed by atoms with E-state index in [-0.39, 0.29) is 5.91 Å². The van der Waals surface area contributed by atoms with Crippen LogP contribution >= 0.6 is 15.9 Å². The summed E-state index contributed by atoms with van der Waals surface area (Å²) < 4.78 is 2.89. The third-order valence-electron chi connectivity index (χ3n) is 3.85. The summed E-state index contributed by atoms with van der Waals surface area (Å²) in [6.07, 6.45) is 0.